The van der Waals surface area contributed by atoms with Crippen LogP contribution in [-0.4, -0.2) is 45.9 Å². The summed E-state index contributed by atoms with van der Waals surface area (Å²) in [7, 11) is 0. The van der Waals surface area contributed by atoms with Crippen molar-refractivity contribution in [3.63, 3.8) is 0 Å². The molecule has 0 aromatic carbocycles. The fourth-order valence-corrected chi connectivity index (χ4v) is 1.98. The van der Waals surface area contributed by atoms with Crippen LogP contribution in [0.2, 0.25) is 0 Å². The summed E-state index contributed by atoms with van der Waals surface area (Å²) >= 11 is 0. The molecule has 128 valence electrons. The summed E-state index contributed by atoms with van der Waals surface area (Å²) in [5.41, 5.74) is 12.6. The van der Waals surface area contributed by atoms with Gasteiger partial charge < -0.3 is 27.1 Å². The Balaban J connectivity index is 1.80. The predicted octanol–water partition coefficient (Wildman–Crippen LogP) is -1.32. The number of nitrogens with zero attached hydrogens (tertiary/aromatic N) is 2. The van der Waals surface area contributed by atoms with E-state index in [0.717, 1.165) is 5.69 Å². The third-order valence-electron chi connectivity index (χ3n) is 3.31. The quantitative estimate of drug-likeness (QED) is 0.384. The van der Waals surface area contributed by atoms with Crippen LogP contribution < -0.4 is 22.1 Å². The Morgan fingerprint density at radius 2 is 2.17 bits per heavy atom. The van der Waals surface area contributed by atoms with Crippen LogP contribution in [0, 0.1) is 0 Å². The van der Waals surface area contributed by atoms with Gasteiger partial charge in [0.05, 0.1) is 18.1 Å². The Kier molecular flexibility index (Phi) is 6.41. The summed E-state index contributed by atoms with van der Waals surface area (Å²) in [6.45, 7) is 1.12. The summed E-state index contributed by atoms with van der Waals surface area (Å²) in [5.74, 6) is -0.814. The van der Waals surface area contributed by atoms with E-state index in [0.29, 0.717) is 30.9 Å². The average Bonchev–Trinajstić information content (AvgIpc) is 3.08. The fraction of sp³-hybridized carbons (Fsp3) is 0.333. The molecule has 0 radical (unpaired) electrons. The molecule has 2 aromatic heterocycles. The molecule has 24 heavy (non-hydrogen) atoms. The fourth-order valence-electron chi connectivity index (χ4n) is 1.98. The third kappa shape index (κ3) is 5.45. The summed E-state index contributed by atoms with van der Waals surface area (Å²) in [4.78, 5) is 34.1. The highest BCUT2D eigenvalue weighted by Crippen LogP contribution is 2.00. The Morgan fingerprint density at radius 3 is 2.88 bits per heavy atom. The monoisotopic (exact) mass is 331 g/mol. The minimum Gasteiger partial charge on any atom is -0.368 e. The summed E-state index contributed by atoms with van der Waals surface area (Å²) in [5, 5.41) is 5.78. The number of nitrogens with two attached hydrogens (primary N) is 2. The third-order valence-corrected chi connectivity index (χ3v) is 3.31. The van der Waals surface area contributed by atoms with Gasteiger partial charge in [0.15, 0.2) is 0 Å². The summed E-state index contributed by atoms with van der Waals surface area (Å²) in [6, 6.07) is 4.43. The van der Waals surface area contributed by atoms with E-state index in [4.69, 9.17) is 11.5 Å². The molecule has 1 atom stereocenters. The van der Waals surface area contributed by atoms with Crippen molar-refractivity contribution < 1.29 is 9.59 Å². The lowest BCUT2D eigenvalue weighted by atomic mass is 10.2. The van der Waals surface area contributed by atoms with Crippen molar-refractivity contribution in [3.05, 3.63) is 47.8 Å². The molecule has 0 aliphatic rings. The van der Waals surface area contributed by atoms with Crippen molar-refractivity contribution in [2.24, 2.45) is 11.5 Å². The molecule has 9 heteroatoms. The maximum atomic E-state index is 12.1. The van der Waals surface area contributed by atoms with Crippen molar-refractivity contribution in [3.8, 4) is 0 Å². The Hall–Kier alpha value is -2.78. The number of amides is 2. The number of pyridine rings is 1. The van der Waals surface area contributed by atoms with E-state index in [-0.39, 0.29) is 12.5 Å². The Bertz CT molecular complexity index is 672. The second-order valence-corrected chi connectivity index (χ2v) is 5.24. The van der Waals surface area contributed by atoms with Crippen molar-refractivity contribution in [2.45, 2.75) is 19.0 Å². The molecule has 0 unspecified atom stereocenters. The number of nitrogens with one attached hydrogen (secondary N) is 3. The van der Waals surface area contributed by atoms with Crippen LogP contribution >= 0.6 is 0 Å². The Labute approximate surface area is 139 Å². The molecule has 7 N–H and O–H groups in total. The Morgan fingerprint density at radius 1 is 1.33 bits per heavy atom. The standard InChI is InChI=1S/C15H21N7O2/c16-12(14(17)23)8-18-7-11-2-1-3-13(22-11)15(24)20-5-4-10-6-19-9-21-10/h1-3,6,9,12,18H,4-5,7-8,16H2,(H2,17,23)(H,19,21)(H,20,24)/t12-/m1/s1. The van der Waals surface area contributed by atoms with Gasteiger partial charge in [-0.3, -0.25) is 9.59 Å². The zero-order valence-corrected chi connectivity index (χ0v) is 13.2. The number of aromatic nitrogens is 3. The van der Waals surface area contributed by atoms with Gasteiger partial charge >= 0.3 is 0 Å². The second-order valence-electron chi connectivity index (χ2n) is 5.24. The summed E-state index contributed by atoms with van der Waals surface area (Å²) < 4.78 is 0. The number of aromatic amines is 1. The van der Waals surface area contributed by atoms with Gasteiger partial charge in [-0.2, -0.15) is 0 Å². The highest BCUT2D eigenvalue weighted by molar-refractivity contribution is 5.92. The first-order valence-corrected chi connectivity index (χ1v) is 7.53. The number of hydrogen-bond donors (Lipinski definition) is 5. The van der Waals surface area contributed by atoms with Gasteiger partial charge in [0.1, 0.15) is 5.69 Å². The number of H-pyrrole nitrogens is 1. The van der Waals surface area contributed by atoms with Crippen LogP contribution in [0.25, 0.3) is 0 Å². The molecule has 0 bridgehead atoms. The van der Waals surface area contributed by atoms with Crippen molar-refractivity contribution >= 4 is 11.8 Å². The van der Waals surface area contributed by atoms with E-state index in [9.17, 15) is 9.59 Å². The van der Waals surface area contributed by atoms with Gasteiger partial charge in [0, 0.05) is 37.9 Å². The van der Waals surface area contributed by atoms with Gasteiger partial charge in [0.25, 0.3) is 5.91 Å². The maximum absolute atomic E-state index is 12.1. The minimum absolute atomic E-state index is 0.245. The van der Waals surface area contributed by atoms with Gasteiger partial charge in [0.2, 0.25) is 5.91 Å². The molecule has 2 amide bonds. The number of hydrogen-bond acceptors (Lipinski definition) is 6. The van der Waals surface area contributed by atoms with Crippen molar-refractivity contribution in [1.29, 1.82) is 0 Å². The maximum Gasteiger partial charge on any atom is 0.269 e. The molecule has 2 rings (SSSR count). The molecule has 0 aliphatic heterocycles. The van der Waals surface area contributed by atoms with E-state index in [1.807, 2.05) is 0 Å². The van der Waals surface area contributed by atoms with E-state index >= 15 is 0 Å². The second kappa shape index (κ2) is 8.75. The summed E-state index contributed by atoms with van der Waals surface area (Å²) in [6.07, 6.45) is 3.98. The van der Waals surface area contributed by atoms with Crippen LogP contribution in [0.4, 0.5) is 0 Å². The van der Waals surface area contributed by atoms with Crippen LogP contribution in [0.15, 0.2) is 30.7 Å². The highest BCUT2D eigenvalue weighted by atomic mass is 16.2. The zero-order chi connectivity index (χ0) is 17.4. The van der Waals surface area contributed by atoms with Crippen LogP contribution in [-0.2, 0) is 17.8 Å². The molecule has 2 aromatic rings. The molecular formula is C15H21N7O2. The largest absolute Gasteiger partial charge is 0.368 e. The van der Waals surface area contributed by atoms with E-state index < -0.39 is 11.9 Å². The number of imidazole rings is 1. The molecule has 0 saturated heterocycles. The molecule has 0 saturated carbocycles. The lowest BCUT2D eigenvalue weighted by molar-refractivity contribution is -0.119. The van der Waals surface area contributed by atoms with Gasteiger partial charge in [-0.15, -0.1) is 0 Å². The van der Waals surface area contributed by atoms with E-state index in [2.05, 4.69) is 25.6 Å². The first kappa shape index (κ1) is 17.6. The van der Waals surface area contributed by atoms with Gasteiger partial charge in [-0.05, 0) is 12.1 Å². The van der Waals surface area contributed by atoms with E-state index in [1.54, 1.807) is 30.7 Å². The first-order valence-electron chi connectivity index (χ1n) is 7.53. The normalized spacial score (nSPS) is 11.9. The number of carbonyl (C=O) groups excluding carboxylic acids is 2. The predicted molar refractivity (Wildman–Crippen MR) is 87.7 cm³/mol. The van der Waals surface area contributed by atoms with Crippen LogP contribution in [0.5, 0.6) is 0 Å². The molecule has 0 fully saturated rings. The minimum atomic E-state index is -0.751. The van der Waals surface area contributed by atoms with Crippen molar-refractivity contribution in [2.75, 3.05) is 13.1 Å². The molecule has 0 spiro atoms. The topological polar surface area (TPSA) is 152 Å². The lowest BCUT2D eigenvalue weighted by Gasteiger charge is -2.09. The zero-order valence-electron chi connectivity index (χ0n) is 13.2. The van der Waals surface area contributed by atoms with E-state index in [1.165, 1.54) is 0 Å². The van der Waals surface area contributed by atoms with Gasteiger partial charge in [-0.1, -0.05) is 6.07 Å². The first-order chi connectivity index (χ1) is 11.6. The smallest absolute Gasteiger partial charge is 0.269 e. The lowest BCUT2D eigenvalue weighted by Crippen LogP contribution is -2.44. The molecule has 0 aliphatic carbocycles. The molecule has 9 nitrogen and oxygen atoms in total. The van der Waals surface area contributed by atoms with Crippen molar-refractivity contribution in [1.82, 2.24) is 25.6 Å². The van der Waals surface area contributed by atoms with Gasteiger partial charge in [-0.25, -0.2) is 9.97 Å². The highest BCUT2D eigenvalue weighted by Gasteiger charge is 2.10. The number of primary amides is 1. The number of carbonyl (C=O) groups is 2. The van der Waals surface area contributed by atoms with Crippen LogP contribution in [0.3, 0.4) is 0 Å². The molecule has 2 heterocycles. The number of rotatable bonds is 9. The average molecular weight is 331 g/mol. The SMILES string of the molecule is NC(=O)[C@H](N)CNCc1cccc(C(=O)NCCc2cnc[nH]2)n1. The van der Waals surface area contributed by atoms with Crippen LogP contribution in [0.1, 0.15) is 21.9 Å². The molecular weight excluding hydrogens is 310 g/mol.